The molecule has 0 aromatic heterocycles. The van der Waals surface area contributed by atoms with Gasteiger partial charge in [0.1, 0.15) is 12.5 Å². The molecule has 0 aromatic rings. The van der Waals surface area contributed by atoms with E-state index in [1.54, 1.807) is 0 Å². The van der Waals surface area contributed by atoms with Crippen molar-refractivity contribution in [3.8, 4) is 0 Å². The van der Waals surface area contributed by atoms with Gasteiger partial charge in [-0.25, -0.2) is 0 Å². The Labute approximate surface area is 46.1 Å². The highest BCUT2D eigenvalue weighted by Gasteiger charge is 2.22. The number of aliphatic hydroxyl groups excluding tert-OH is 2. The van der Waals surface area contributed by atoms with Crippen molar-refractivity contribution in [2.75, 3.05) is 6.67 Å². The fourth-order valence-corrected chi connectivity index (χ4v) is 0.540. The van der Waals surface area contributed by atoms with Crippen LogP contribution in [-0.2, 0) is 0 Å². The van der Waals surface area contributed by atoms with Crippen LogP contribution in [0.5, 0.6) is 0 Å². The number of hydrogen-bond donors (Lipinski definition) is 3. The number of nitrogens with zero attached hydrogens (tertiary/aromatic N) is 1. The highest BCUT2D eigenvalue weighted by atomic mass is 16.6. The Morgan fingerprint density at radius 2 is 2.25 bits per heavy atom. The van der Waals surface area contributed by atoms with Crippen LogP contribution >= 0.6 is 0 Å². The van der Waals surface area contributed by atoms with Crippen LogP contribution in [0.2, 0.25) is 0 Å². The molecular weight excluding hydrogens is 112 g/mol. The van der Waals surface area contributed by atoms with Gasteiger partial charge in [-0.1, -0.05) is 0 Å². The van der Waals surface area contributed by atoms with Crippen LogP contribution in [0, 0.1) is 5.21 Å². The third kappa shape index (κ3) is 0.816. The van der Waals surface area contributed by atoms with Crippen LogP contribution in [0.1, 0.15) is 0 Å². The molecule has 0 spiro atoms. The first-order chi connectivity index (χ1) is 3.72. The maximum Gasteiger partial charge on any atom is 0.144 e. The van der Waals surface area contributed by atoms with Gasteiger partial charge < -0.3 is 20.5 Å². The number of rotatable bonds is 0. The number of aliphatic hydroxyl groups is 2. The summed E-state index contributed by atoms with van der Waals surface area (Å²) in [5, 5.41) is 30.1. The molecule has 8 heavy (non-hydrogen) atoms. The van der Waals surface area contributed by atoms with Gasteiger partial charge in [-0.15, -0.1) is 0 Å². The lowest BCUT2D eigenvalue weighted by atomic mass is 10.5. The van der Waals surface area contributed by atoms with Crippen molar-refractivity contribution in [2.24, 2.45) is 0 Å². The van der Waals surface area contributed by atoms with Gasteiger partial charge in [0.15, 0.2) is 0 Å². The first kappa shape index (κ1) is 5.93. The van der Waals surface area contributed by atoms with E-state index in [9.17, 15) is 5.21 Å². The molecule has 1 saturated heterocycles. The minimum Gasteiger partial charge on any atom is -0.782 e. The second-order valence-electron chi connectivity index (χ2n) is 1.64. The molecule has 2 atom stereocenters. The molecular formula is C3H7N2O3-. The molecule has 48 valence electrons. The van der Waals surface area contributed by atoms with E-state index in [-0.39, 0.29) is 6.67 Å². The summed E-state index contributed by atoms with van der Waals surface area (Å²) in [4.78, 5) is 0. The highest BCUT2D eigenvalue weighted by molar-refractivity contribution is 4.74. The van der Waals surface area contributed by atoms with Gasteiger partial charge in [-0.05, 0) is 0 Å². The first-order valence-electron chi connectivity index (χ1n) is 2.25. The minimum absolute atomic E-state index is 0.0116. The molecule has 0 radical (unpaired) electrons. The van der Waals surface area contributed by atoms with E-state index >= 15 is 0 Å². The van der Waals surface area contributed by atoms with Crippen molar-refractivity contribution < 1.29 is 10.2 Å². The highest BCUT2D eigenvalue weighted by Crippen LogP contribution is 2.02. The summed E-state index contributed by atoms with van der Waals surface area (Å²) in [5.41, 5.74) is 0. The molecule has 0 amide bonds. The molecule has 0 saturated carbocycles. The predicted molar refractivity (Wildman–Crippen MR) is 25.2 cm³/mol. The zero-order valence-electron chi connectivity index (χ0n) is 4.11. The molecule has 1 rings (SSSR count). The largest absolute Gasteiger partial charge is 0.782 e. The van der Waals surface area contributed by atoms with Crippen LogP contribution < -0.4 is 5.32 Å². The zero-order chi connectivity index (χ0) is 6.15. The Bertz CT molecular complexity index is 78.6. The van der Waals surface area contributed by atoms with E-state index < -0.39 is 12.5 Å². The van der Waals surface area contributed by atoms with Crippen molar-refractivity contribution in [3.63, 3.8) is 0 Å². The molecule has 1 heterocycles. The Kier molecular flexibility index (Phi) is 1.45. The molecule has 1 aliphatic rings. The average molecular weight is 119 g/mol. The summed E-state index contributed by atoms with van der Waals surface area (Å²) in [7, 11) is 0. The summed E-state index contributed by atoms with van der Waals surface area (Å²) in [6.07, 6.45) is -2.39. The van der Waals surface area contributed by atoms with E-state index in [4.69, 9.17) is 10.2 Å². The normalized spacial score (nSPS) is 40.9. The van der Waals surface area contributed by atoms with Gasteiger partial charge in [0.05, 0.1) is 0 Å². The van der Waals surface area contributed by atoms with Crippen molar-refractivity contribution in [2.45, 2.75) is 12.5 Å². The lowest BCUT2D eigenvalue weighted by molar-refractivity contribution is -0.0213. The summed E-state index contributed by atoms with van der Waals surface area (Å²) in [6.45, 7) is -0.0116. The van der Waals surface area contributed by atoms with Crippen LogP contribution in [0.15, 0.2) is 0 Å². The topological polar surface area (TPSA) is 78.8 Å². The lowest BCUT2D eigenvalue weighted by Crippen LogP contribution is -2.32. The van der Waals surface area contributed by atoms with Crippen LogP contribution in [0.25, 0.3) is 0 Å². The van der Waals surface area contributed by atoms with Gasteiger partial charge in [0, 0.05) is 6.67 Å². The first-order valence-corrected chi connectivity index (χ1v) is 2.25. The van der Waals surface area contributed by atoms with Crippen LogP contribution in [0.3, 0.4) is 0 Å². The van der Waals surface area contributed by atoms with Gasteiger partial charge in [0.2, 0.25) is 0 Å². The van der Waals surface area contributed by atoms with Crippen LogP contribution in [-0.4, -0.2) is 34.4 Å². The Balaban J connectivity index is 2.44. The van der Waals surface area contributed by atoms with E-state index in [0.717, 1.165) is 0 Å². The van der Waals surface area contributed by atoms with Crippen molar-refractivity contribution in [3.05, 3.63) is 5.21 Å². The summed E-state index contributed by atoms with van der Waals surface area (Å²) in [5.74, 6) is 0. The second-order valence-corrected chi connectivity index (χ2v) is 1.64. The third-order valence-corrected chi connectivity index (χ3v) is 1.03. The maximum atomic E-state index is 10.2. The SMILES string of the molecule is [O-]N1CNC(O)C1O. The Morgan fingerprint density at radius 3 is 2.38 bits per heavy atom. The molecule has 3 N–H and O–H groups in total. The van der Waals surface area contributed by atoms with Gasteiger partial charge in [-0.3, -0.25) is 5.32 Å². The van der Waals surface area contributed by atoms with Gasteiger partial charge in [0.25, 0.3) is 0 Å². The maximum absolute atomic E-state index is 10.2. The predicted octanol–water partition coefficient (Wildman–Crippen LogP) is -2.02. The van der Waals surface area contributed by atoms with Crippen molar-refractivity contribution in [1.29, 1.82) is 0 Å². The Morgan fingerprint density at radius 1 is 1.62 bits per heavy atom. The minimum atomic E-state index is -1.30. The lowest BCUT2D eigenvalue weighted by Gasteiger charge is -2.24. The molecule has 0 aromatic carbocycles. The van der Waals surface area contributed by atoms with Crippen molar-refractivity contribution >= 4 is 0 Å². The number of hydroxylamine groups is 2. The standard InChI is InChI=1S/C3H7N2O3/c6-2-3(7)5(8)1-4-2/h2-4,6-7H,1H2/q-1. The van der Waals surface area contributed by atoms with E-state index in [0.29, 0.717) is 5.06 Å². The van der Waals surface area contributed by atoms with E-state index in [2.05, 4.69) is 5.32 Å². The Hall–Kier alpha value is -0.200. The van der Waals surface area contributed by atoms with Crippen molar-refractivity contribution in [1.82, 2.24) is 10.4 Å². The smallest absolute Gasteiger partial charge is 0.144 e. The molecule has 1 fully saturated rings. The number of hydrogen-bond acceptors (Lipinski definition) is 5. The molecule has 1 aliphatic heterocycles. The fourth-order valence-electron chi connectivity index (χ4n) is 0.540. The molecule has 0 aliphatic carbocycles. The summed E-state index contributed by atoms with van der Waals surface area (Å²) < 4.78 is 0. The molecule has 5 nitrogen and oxygen atoms in total. The van der Waals surface area contributed by atoms with Gasteiger partial charge >= 0.3 is 0 Å². The van der Waals surface area contributed by atoms with Gasteiger partial charge in [-0.2, -0.15) is 0 Å². The molecule has 5 heteroatoms. The fraction of sp³-hybridized carbons (Fsp3) is 1.00. The molecule has 2 unspecified atom stereocenters. The monoisotopic (exact) mass is 119 g/mol. The van der Waals surface area contributed by atoms with E-state index in [1.165, 1.54) is 0 Å². The second kappa shape index (κ2) is 1.96. The molecule has 0 bridgehead atoms. The summed E-state index contributed by atoms with van der Waals surface area (Å²) in [6, 6.07) is 0. The van der Waals surface area contributed by atoms with E-state index in [1.807, 2.05) is 0 Å². The average Bonchev–Trinajstić information content (AvgIpc) is 1.98. The third-order valence-electron chi connectivity index (χ3n) is 1.03. The number of nitrogens with one attached hydrogen (secondary N) is 1. The zero-order valence-corrected chi connectivity index (χ0v) is 4.11. The quantitative estimate of drug-likeness (QED) is 0.343. The summed E-state index contributed by atoms with van der Waals surface area (Å²) >= 11 is 0. The van der Waals surface area contributed by atoms with Crippen LogP contribution in [0.4, 0.5) is 0 Å².